The molecule has 3 rings (SSSR count). The van der Waals surface area contributed by atoms with Crippen molar-refractivity contribution in [1.29, 1.82) is 0 Å². The van der Waals surface area contributed by atoms with E-state index in [2.05, 4.69) is 50.5 Å². The Bertz CT molecular complexity index is 756. The Morgan fingerprint density at radius 1 is 1.24 bits per heavy atom. The Morgan fingerprint density at radius 3 is 2.72 bits per heavy atom. The number of nitrogens with two attached hydrogens (primary N) is 1. The van der Waals surface area contributed by atoms with Crippen molar-refractivity contribution in [2.45, 2.75) is 31.3 Å². The third-order valence-corrected chi connectivity index (χ3v) is 5.37. The summed E-state index contributed by atoms with van der Waals surface area (Å²) in [5, 5.41) is 3.22. The molecule has 1 fully saturated rings. The number of hydrogen-bond acceptors (Lipinski definition) is 2. The van der Waals surface area contributed by atoms with Gasteiger partial charge in [-0.2, -0.15) is 0 Å². The molecule has 0 heterocycles. The summed E-state index contributed by atoms with van der Waals surface area (Å²) in [5.41, 5.74) is 9.61. The van der Waals surface area contributed by atoms with Crippen molar-refractivity contribution in [1.82, 2.24) is 0 Å². The lowest BCUT2D eigenvalue weighted by atomic mass is 9.64. The lowest BCUT2D eigenvalue weighted by molar-refractivity contribution is 0.185. The summed E-state index contributed by atoms with van der Waals surface area (Å²) < 4.78 is 6.35. The summed E-state index contributed by atoms with van der Waals surface area (Å²) in [6.45, 7) is 1.24. The molecule has 0 unspecified atom stereocenters. The molecular formula is C20H24BrN3O. The standard InChI is InChI=1S/C20H24BrN3O/c1-25-13-15-6-2-3-9-18(15)24-19(22)23-14-20(10-5-11-20)16-7-4-8-17(21)12-16/h2-4,6-9,12H,5,10-11,13-14H2,1H3,(H3,22,23,24). The van der Waals surface area contributed by atoms with E-state index in [-0.39, 0.29) is 5.41 Å². The zero-order valence-corrected chi connectivity index (χ0v) is 16.1. The van der Waals surface area contributed by atoms with E-state index < -0.39 is 0 Å². The van der Waals surface area contributed by atoms with Crippen LogP contribution in [0.25, 0.3) is 0 Å². The molecule has 1 aliphatic rings. The van der Waals surface area contributed by atoms with Crippen LogP contribution < -0.4 is 11.1 Å². The van der Waals surface area contributed by atoms with Gasteiger partial charge in [-0.05, 0) is 36.6 Å². The number of nitrogens with zero attached hydrogens (tertiary/aromatic N) is 1. The molecule has 2 aromatic rings. The van der Waals surface area contributed by atoms with Gasteiger partial charge in [0.2, 0.25) is 0 Å². The summed E-state index contributed by atoms with van der Waals surface area (Å²) in [6, 6.07) is 16.5. The minimum absolute atomic E-state index is 0.113. The van der Waals surface area contributed by atoms with Gasteiger partial charge in [0.15, 0.2) is 5.96 Å². The number of hydrogen-bond donors (Lipinski definition) is 2. The molecule has 0 aromatic heterocycles. The van der Waals surface area contributed by atoms with Gasteiger partial charge in [0.1, 0.15) is 0 Å². The van der Waals surface area contributed by atoms with Crippen LogP contribution in [0.4, 0.5) is 5.69 Å². The van der Waals surface area contributed by atoms with E-state index in [0.717, 1.165) is 28.6 Å². The first kappa shape index (κ1) is 18.0. The van der Waals surface area contributed by atoms with Crippen molar-refractivity contribution in [3.8, 4) is 0 Å². The van der Waals surface area contributed by atoms with Crippen LogP contribution in [0.15, 0.2) is 58.0 Å². The van der Waals surface area contributed by atoms with Crippen molar-refractivity contribution in [2.75, 3.05) is 19.0 Å². The fraction of sp³-hybridized carbons (Fsp3) is 0.350. The first-order valence-corrected chi connectivity index (χ1v) is 9.32. The first-order valence-electron chi connectivity index (χ1n) is 8.53. The van der Waals surface area contributed by atoms with E-state index in [9.17, 15) is 0 Å². The van der Waals surface area contributed by atoms with Crippen molar-refractivity contribution in [3.05, 3.63) is 64.1 Å². The average Bonchev–Trinajstić information content (AvgIpc) is 2.56. The number of benzene rings is 2. The largest absolute Gasteiger partial charge is 0.380 e. The van der Waals surface area contributed by atoms with Crippen LogP contribution in [0.1, 0.15) is 30.4 Å². The van der Waals surface area contributed by atoms with Gasteiger partial charge in [-0.15, -0.1) is 0 Å². The second kappa shape index (κ2) is 8.02. The van der Waals surface area contributed by atoms with Crippen molar-refractivity contribution in [2.24, 2.45) is 10.7 Å². The molecule has 4 nitrogen and oxygen atoms in total. The highest BCUT2D eigenvalue weighted by atomic mass is 79.9. The second-order valence-corrected chi connectivity index (χ2v) is 7.48. The zero-order valence-electron chi connectivity index (χ0n) is 14.5. The number of ether oxygens (including phenoxy) is 1. The number of anilines is 1. The molecule has 25 heavy (non-hydrogen) atoms. The van der Waals surface area contributed by atoms with Crippen LogP contribution in [0, 0.1) is 0 Å². The maximum atomic E-state index is 6.15. The molecule has 1 saturated carbocycles. The highest BCUT2D eigenvalue weighted by molar-refractivity contribution is 9.10. The topological polar surface area (TPSA) is 59.6 Å². The number of guanidine groups is 1. The van der Waals surface area contributed by atoms with Crippen LogP contribution in [0.3, 0.4) is 0 Å². The van der Waals surface area contributed by atoms with E-state index in [4.69, 9.17) is 10.5 Å². The fourth-order valence-corrected chi connectivity index (χ4v) is 3.70. The number of halogens is 1. The van der Waals surface area contributed by atoms with Crippen LogP contribution >= 0.6 is 15.9 Å². The number of para-hydroxylation sites is 1. The van der Waals surface area contributed by atoms with E-state index in [0.29, 0.717) is 19.1 Å². The third-order valence-electron chi connectivity index (χ3n) is 4.88. The molecule has 0 amide bonds. The minimum atomic E-state index is 0.113. The summed E-state index contributed by atoms with van der Waals surface area (Å²) in [5.74, 6) is 0.449. The molecule has 3 N–H and O–H groups in total. The van der Waals surface area contributed by atoms with Crippen molar-refractivity contribution >= 4 is 27.6 Å². The highest BCUT2D eigenvalue weighted by Gasteiger charge is 2.38. The summed E-state index contributed by atoms with van der Waals surface area (Å²) in [6.07, 6.45) is 3.55. The zero-order chi connectivity index (χ0) is 17.7. The van der Waals surface area contributed by atoms with E-state index in [1.165, 1.54) is 12.0 Å². The summed E-state index contributed by atoms with van der Waals surface area (Å²) in [7, 11) is 1.69. The third kappa shape index (κ3) is 4.22. The lowest BCUT2D eigenvalue weighted by Crippen LogP contribution is -2.38. The number of methoxy groups -OCH3 is 1. The van der Waals surface area contributed by atoms with Gasteiger partial charge < -0.3 is 15.8 Å². The Labute approximate surface area is 157 Å². The van der Waals surface area contributed by atoms with E-state index >= 15 is 0 Å². The Balaban J connectivity index is 1.72. The molecule has 0 aliphatic heterocycles. The van der Waals surface area contributed by atoms with E-state index in [1.54, 1.807) is 7.11 Å². The predicted molar refractivity (Wildman–Crippen MR) is 107 cm³/mol. The van der Waals surface area contributed by atoms with Crippen molar-refractivity contribution in [3.63, 3.8) is 0 Å². The van der Waals surface area contributed by atoms with Crippen LogP contribution in [-0.2, 0) is 16.8 Å². The quantitative estimate of drug-likeness (QED) is 0.555. The van der Waals surface area contributed by atoms with Gasteiger partial charge >= 0.3 is 0 Å². The molecule has 0 saturated heterocycles. The van der Waals surface area contributed by atoms with Crippen LogP contribution in [-0.4, -0.2) is 19.6 Å². The molecule has 0 bridgehead atoms. The monoisotopic (exact) mass is 401 g/mol. The van der Waals surface area contributed by atoms with Gasteiger partial charge in [-0.25, -0.2) is 0 Å². The van der Waals surface area contributed by atoms with Crippen LogP contribution in [0.2, 0.25) is 0 Å². The maximum Gasteiger partial charge on any atom is 0.193 e. The summed E-state index contributed by atoms with van der Waals surface area (Å²) >= 11 is 3.57. The van der Waals surface area contributed by atoms with Gasteiger partial charge in [-0.3, -0.25) is 4.99 Å². The van der Waals surface area contributed by atoms with Crippen LogP contribution in [0.5, 0.6) is 0 Å². The first-order chi connectivity index (χ1) is 12.1. The second-order valence-electron chi connectivity index (χ2n) is 6.56. The summed E-state index contributed by atoms with van der Waals surface area (Å²) in [4.78, 5) is 4.65. The number of rotatable bonds is 6. The number of nitrogens with one attached hydrogen (secondary N) is 1. The molecule has 0 atom stereocenters. The molecule has 0 radical (unpaired) electrons. The Hall–Kier alpha value is -1.85. The van der Waals surface area contributed by atoms with Gasteiger partial charge in [0, 0.05) is 28.2 Å². The number of aliphatic imine (C=N–C) groups is 1. The lowest BCUT2D eigenvalue weighted by Gasteiger charge is -2.41. The SMILES string of the molecule is COCc1ccccc1NC(N)=NCC1(c2cccc(Br)c2)CCC1. The van der Waals surface area contributed by atoms with Crippen molar-refractivity contribution < 1.29 is 4.74 Å². The smallest absolute Gasteiger partial charge is 0.193 e. The predicted octanol–water partition coefficient (Wildman–Crippen LogP) is 4.44. The normalized spacial score (nSPS) is 16.3. The van der Waals surface area contributed by atoms with Gasteiger partial charge in [-0.1, -0.05) is 52.7 Å². The molecule has 1 aliphatic carbocycles. The Morgan fingerprint density at radius 2 is 2.04 bits per heavy atom. The molecular weight excluding hydrogens is 378 g/mol. The molecule has 132 valence electrons. The van der Waals surface area contributed by atoms with Gasteiger partial charge in [0.05, 0.1) is 13.2 Å². The molecule has 2 aromatic carbocycles. The molecule has 0 spiro atoms. The Kier molecular flexibility index (Phi) is 5.76. The van der Waals surface area contributed by atoms with E-state index in [1.807, 2.05) is 24.3 Å². The highest BCUT2D eigenvalue weighted by Crippen LogP contribution is 2.44. The maximum absolute atomic E-state index is 6.15. The average molecular weight is 402 g/mol. The fourth-order valence-electron chi connectivity index (χ4n) is 3.30. The minimum Gasteiger partial charge on any atom is -0.380 e. The van der Waals surface area contributed by atoms with Gasteiger partial charge in [0.25, 0.3) is 0 Å². The molecule has 5 heteroatoms.